The van der Waals surface area contributed by atoms with E-state index < -0.39 is 27.8 Å². The van der Waals surface area contributed by atoms with Gasteiger partial charge in [-0.25, -0.2) is 13.1 Å². The number of nitrogens with zero attached hydrogens (tertiary/aromatic N) is 1. The Hall–Kier alpha value is -3.22. The van der Waals surface area contributed by atoms with Gasteiger partial charge in [0.15, 0.2) is 11.5 Å². The van der Waals surface area contributed by atoms with Crippen LogP contribution in [0.15, 0.2) is 42.5 Å². The summed E-state index contributed by atoms with van der Waals surface area (Å²) >= 11 is 0. The maximum Gasteiger partial charge on any atom is 0.586 e. The van der Waals surface area contributed by atoms with Crippen LogP contribution in [0, 0.1) is 0 Å². The van der Waals surface area contributed by atoms with Crippen molar-refractivity contribution in [1.29, 1.82) is 0 Å². The summed E-state index contributed by atoms with van der Waals surface area (Å²) in [7, 11) is -3.40. The van der Waals surface area contributed by atoms with Crippen LogP contribution in [0.3, 0.4) is 0 Å². The fourth-order valence-electron chi connectivity index (χ4n) is 5.42. The highest BCUT2D eigenvalue weighted by Gasteiger charge is 2.53. The van der Waals surface area contributed by atoms with Gasteiger partial charge in [-0.1, -0.05) is 26.8 Å². The van der Waals surface area contributed by atoms with E-state index in [1.165, 1.54) is 12.1 Å². The molecule has 2 aliphatic carbocycles. The first-order chi connectivity index (χ1) is 19.2. The minimum absolute atomic E-state index is 0. The molecule has 0 saturated heterocycles. The molecule has 0 spiro atoms. The van der Waals surface area contributed by atoms with Crippen molar-refractivity contribution in [2.24, 2.45) is 0 Å². The highest BCUT2D eigenvalue weighted by molar-refractivity contribution is 7.90. The van der Waals surface area contributed by atoms with E-state index in [2.05, 4.69) is 40.3 Å². The minimum Gasteiger partial charge on any atom is -0.395 e. The fraction of sp³-hybridized carbons (Fsp3) is 0.483. The van der Waals surface area contributed by atoms with E-state index in [0.29, 0.717) is 36.9 Å². The predicted molar refractivity (Wildman–Crippen MR) is 155 cm³/mol. The van der Waals surface area contributed by atoms with Gasteiger partial charge >= 0.3 is 6.29 Å². The third-order valence-corrected chi connectivity index (χ3v) is 9.86. The molecule has 2 aromatic carbocycles. The lowest BCUT2D eigenvalue weighted by Gasteiger charge is -2.24. The molecule has 1 aromatic heterocycles. The van der Waals surface area contributed by atoms with E-state index in [1.54, 1.807) is 12.1 Å². The second-order valence-electron chi connectivity index (χ2n) is 12.3. The largest absolute Gasteiger partial charge is 0.586 e. The maximum absolute atomic E-state index is 13.5. The number of carbonyl (C=O) groups excluding carboxylic acids is 1. The molecule has 1 amide bonds. The normalized spacial score (nSPS) is 19.8. The molecule has 3 N–H and O–H groups in total. The molecular weight excluding hydrogens is 556 g/mol. The molecule has 9 nitrogen and oxygen atoms in total. The number of amides is 1. The van der Waals surface area contributed by atoms with E-state index in [9.17, 15) is 27.1 Å². The molecule has 2 heterocycles. The van der Waals surface area contributed by atoms with Gasteiger partial charge in [0.25, 0.3) is 0 Å². The van der Waals surface area contributed by atoms with Gasteiger partial charge in [-0.3, -0.25) is 4.79 Å². The van der Waals surface area contributed by atoms with Crippen LogP contribution in [0.2, 0.25) is 0 Å². The molecule has 2 saturated carbocycles. The summed E-state index contributed by atoms with van der Waals surface area (Å²) in [5.41, 5.74) is 1.85. The summed E-state index contributed by atoms with van der Waals surface area (Å²) in [6, 6.07) is 12.0. The van der Waals surface area contributed by atoms with Crippen molar-refractivity contribution in [3.05, 3.63) is 53.7 Å². The van der Waals surface area contributed by atoms with Crippen LogP contribution in [-0.2, 0) is 32.2 Å². The number of aliphatic hydroxyl groups is 1. The average Bonchev–Trinajstić information content (AvgIpc) is 3.80. The number of nitrogens with one attached hydrogen (secondary N) is 2. The highest BCUT2D eigenvalue weighted by Crippen LogP contribution is 2.52. The Morgan fingerprint density at radius 2 is 1.83 bits per heavy atom. The van der Waals surface area contributed by atoms with Crippen molar-refractivity contribution in [2.75, 3.05) is 11.9 Å². The molecule has 2 fully saturated rings. The van der Waals surface area contributed by atoms with E-state index in [0.717, 1.165) is 16.6 Å². The Kier molecular flexibility index (Phi) is 6.40. The molecule has 3 aromatic rings. The Labute approximate surface area is 241 Å². The number of hydrogen-bond donors (Lipinski definition) is 3. The molecule has 41 heavy (non-hydrogen) atoms. The number of rotatable bonds is 9. The molecule has 0 unspecified atom stereocenters. The zero-order chi connectivity index (χ0) is 29.4. The molecule has 12 heteroatoms. The van der Waals surface area contributed by atoms with Crippen LogP contribution in [0.1, 0.15) is 62.0 Å². The molecule has 1 aliphatic heterocycles. The Morgan fingerprint density at radius 3 is 2.49 bits per heavy atom. The van der Waals surface area contributed by atoms with Crippen molar-refractivity contribution in [2.45, 2.75) is 81.5 Å². The lowest BCUT2D eigenvalue weighted by molar-refractivity contribution is -0.286. The Morgan fingerprint density at radius 1 is 1.12 bits per heavy atom. The summed E-state index contributed by atoms with van der Waals surface area (Å²) in [6.07, 6.45) is -2.21. The van der Waals surface area contributed by atoms with E-state index >= 15 is 0 Å². The zero-order valence-corrected chi connectivity index (χ0v) is 23.9. The van der Waals surface area contributed by atoms with E-state index in [-0.39, 0.29) is 45.4 Å². The van der Waals surface area contributed by atoms with Crippen molar-refractivity contribution in [3.8, 4) is 11.5 Å². The summed E-state index contributed by atoms with van der Waals surface area (Å²) in [5, 5.41) is 14.2. The first-order valence-corrected chi connectivity index (χ1v) is 15.2. The summed E-state index contributed by atoms with van der Waals surface area (Å²) < 4.78 is 64.9. The number of aromatic nitrogens is 1. The standard InChI is InChI=1S/C29H33F2N3O6S.3H2/c1-27(2,3)25-13-17-12-19(5-8-22(17)34(25)16-20(35)15-32-41(37,38)21-6-7-21)33-26(36)28(10-11-28)18-4-9-23-24(14-18)40-29(30,31)39-23;;;/h4-5,8-9,12-14,20-21,32,35H,6-7,10-11,15-16H2,1-3H3,(H,33,36);3*1H/t20-;;;/m0.../s1. The number of carbonyl (C=O) groups is 1. The van der Waals surface area contributed by atoms with Gasteiger partial charge in [0.1, 0.15) is 0 Å². The van der Waals surface area contributed by atoms with Crippen LogP contribution in [0.25, 0.3) is 10.9 Å². The highest BCUT2D eigenvalue weighted by atomic mass is 32.2. The van der Waals surface area contributed by atoms with Crippen LogP contribution in [-0.4, -0.2) is 48.2 Å². The van der Waals surface area contributed by atoms with Crippen molar-refractivity contribution in [3.63, 3.8) is 0 Å². The Balaban J connectivity index is 0.00000176. The molecule has 3 aliphatic rings. The van der Waals surface area contributed by atoms with Gasteiger partial charge in [-0.15, -0.1) is 8.78 Å². The average molecular weight is 596 g/mol. The molecular formula is C29H39F2N3O6S. The van der Waals surface area contributed by atoms with E-state index in [1.807, 2.05) is 22.8 Å². The van der Waals surface area contributed by atoms with Crippen molar-refractivity contribution < 1.29 is 40.9 Å². The van der Waals surface area contributed by atoms with Gasteiger partial charge in [-0.05, 0) is 67.6 Å². The number of ether oxygens (including phenoxy) is 2. The number of benzene rings is 2. The number of hydrogen-bond acceptors (Lipinski definition) is 6. The second-order valence-corrected chi connectivity index (χ2v) is 14.3. The van der Waals surface area contributed by atoms with Gasteiger partial charge in [0.2, 0.25) is 15.9 Å². The third kappa shape index (κ3) is 5.40. The zero-order valence-electron chi connectivity index (χ0n) is 23.0. The summed E-state index contributed by atoms with van der Waals surface area (Å²) in [6.45, 7) is 6.29. The minimum atomic E-state index is -3.72. The van der Waals surface area contributed by atoms with Crippen LogP contribution in [0.5, 0.6) is 11.5 Å². The van der Waals surface area contributed by atoms with Gasteiger partial charge in [0.05, 0.1) is 23.3 Å². The van der Waals surface area contributed by atoms with Crippen LogP contribution in [0.4, 0.5) is 14.5 Å². The molecule has 6 rings (SSSR count). The predicted octanol–water partition coefficient (Wildman–Crippen LogP) is 5.11. The topological polar surface area (TPSA) is 119 Å². The first-order valence-electron chi connectivity index (χ1n) is 13.7. The number of anilines is 1. The third-order valence-electron chi connectivity index (χ3n) is 7.94. The van der Waals surface area contributed by atoms with E-state index in [4.69, 9.17) is 0 Å². The number of aliphatic hydroxyl groups excluding tert-OH is 1. The lowest BCUT2D eigenvalue weighted by atomic mass is 9.92. The van der Waals surface area contributed by atoms with Gasteiger partial charge < -0.3 is 24.5 Å². The van der Waals surface area contributed by atoms with Crippen molar-refractivity contribution in [1.82, 2.24) is 9.29 Å². The van der Waals surface area contributed by atoms with Crippen LogP contribution < -0.4 is 19.5 Å². The second kappa shape index (κ2) is 9.40. The number of alkyl halides is 2. The lowest BCUT2D eigenvalue weighted by Crippen LogP contribution is -2.36. The molecule has 0 radical (unpaired) electrons. The van der Waals surface area contributed by atoms with Crippen molar-refractivity contribution >= 4 is 32.5 Å². The molecule has 226 valence electrons. The van der Waals surface area contributed by atoms with Gasteiger partial charge in [-0.2, -0.15) is 0 Å². The smallest absolute Gasteiger partial charge is 0.395 e. The maximum atomic E-state index is 13.5. The monoisotopic (exact) mass is 595 g/mol. The first kappa shape index (κ1) is 27.9. The number of fused-ring (bicyclic) bond motifs is 2. The fourth-order valence-corrected chi connectivity index (χ4v) is 6.84. The summed E-state index contributed by atoms with van der Waals surface area (Å²) in [5.74, 6) is -0.395. The number of halogens is 2. The number of sulfonamides is 1. The van der Waals surface area contributed by atoms with Gasteiger partial charge in [0, 0.05) is 38.5 Å². The Bertz CT molecular complexity index is 1650. The quantitative estimate of drug-likeness (QED) is 0.316. The molecule has 0 bridgehead atoms. The summed E-state index contributed by atoms with van der Waals surface area (Å²) in [4.78, 5) is 13.4. The SMILES string of the molecule is CC(C)(C)c1cc2cc(NC(=O)C3(c4ccc5c(c4)OC(F)(F)O5)CC3)ccc2n1C[C@@H](O)CNS(=O)(=O)C1CC1.[HH].[HH].[HH]. The van der Waals surface area contributed by atoms with Crippen LogP contribution >= 0.6 is 0 Å². The molecule has 1 atom stereocenters.